The van der Waals surface area contributed by atoms with E-state index < -0.39 is 0 Å². The van der Waals surface area contributed by atoms with E-state index in [-0.39, 0.29) is 23.7 Å². The summed E-state index contributed by atoms with van der Waals surface area (Å²) in [6.45, 7) is 3.25. The van der Waals surface area contributed by atoms with Gasteiger partial charge in [0.15, 0.2) is 0 Å². The fourth-order valence-electron chi connectivity index (χ4n) is 3.25. The lowest BCUT2D eigenvalue weighted by Crippen LogP contribution is -2.41. The van der Waals surface area contributed by atoms with E-state index in [0.717, 1.165) is 31.7 Å². The average molecular weight is 352 g/mol. The van der Waals surface area contributed by atoms with E-state index in [1.54, 1.807) is 37.4 Å². The SMILES string of the molecule is C[C@H](NC(=O)C1CCN(c2ccc(C#N)cn2)CC1)c1ccccc1F. The zero-order valence-corrected chi connectivity index (χ0v) is 14.7. The van der Waals surface area contributed by atoms with Crippen molar-refractivity contribution < 1.29 is 9.18 Å². The molecule has 6 heteroatoms. The Morgan fingerprint density at radius 3 is 2.65 bits per heavy atom. The van der Waals surface area contributed by atoms with Crippen molar-refractivity contribution in [1.29, 1.82) is 5.26 Å². The molecule has 0 spiro atoms. The third-order valence-corrected chi connectivity index (χ3v) is 4.80. The van der Waals surface area contributed by atoms with Crippen LogP contribution in [0.5, 0.6) is 0 Å². The summed E-state index contributed by atoms with van der Waals surface area (Å²) >= 11 is 0. The highest BCUT2D eigenvalue weighted by atomic mass is 19.1. The molecule has 2 heterocycles. The molecular weight excluding hydrogens is 331 g/mol. The number of carbonyl (C=O) groups excluding carboxylic acids is 1. The summed E-state index contributed by atoms with van der Waals surface area (Å²) in [5.41, 5.74) is 1.03. The van der Waals surface area contributed by atoms with Crippen LogP contribution in [0.3, 0.4) is 0 Å². The fourth-order valence-corrected chi connectivity index (χ4v) is 3.25. The van der Waals surface area contributed by atoms with Crippen LogP contribution in [0.1, 0.15) is 36.9 Å². The van der Waals surface area contributed by atoms with Gasteiger partial charge in [0.05, 0.1) is 11.6 Å². The molecule has 3 rings (SSSR count). The number of amides is 1. The number of piperidine rings is 1. The molecule has 0 saturated carbocycles. The van der Waals surface area contributed by atoms with Crippen LogP contribution >= 0.6 is 0 Å². The third kappa shape index (κ3) is 3.99. The maximum Gasteiger partial charge on any atom is 0.223 e. The van der Waals surface area contributed by atoms with Crippen molar-refractivity contribution in [3.63, 3.8) is 0 Å². The van der Waals surface area contributed by atoms with Gasteiger partial charge in [0.1, 0.15) is 17.7 Å². The van der Waals surface area contributed by atoms with Gasteiger partial charge < -0.3 is 10.2 Å². The van der Waals surface area contributed by atoms with Gasteiger partial charge in [0, 0.05) is 30.8 Å². The molecule has 1 aromatic heterocycles. The third-order valence-electron chi connectivity index (χ3n) is 4.80. The summed E-state index contributed by atoms with van der Waals surface area (Å²) in [6.07, 6.45) is 3.00. The molecule has 0 unspecified atom stereocenters. The second-order valence-corrected chi connectivity index (χ2v) is 6.53. The molecule has 1 aromatic carbocycles. The average Bonchev–Trinajstić information content (AvgIpc) is 2.68. The van der Waals surface area contributed by atoms with E-state index in [1.165, 1.54) is 6.07 Å². The second-order valence-electron chi connectivity index (χ2n) is 6.53. The summed E-state index contributed by atoms with van der Waals surface area (Å²) in [5, 5.41) is 11.8. The van der Waals surface area contributed by atoms with E-state index >= 15 is 0 Å². The summed E-state index contributed by atoms with van der Waals surface area (Å²) in [6, 6.07) is 11.8. The van der Waals surface area contributed by atoms with E-state index in [9.17, 15) is 9.18 Å². The molecule has 26 heavy (non-hydrogen) atoms. The molecule has 0 aliphatic carbocycles. The van der Waals surface area contributed by atoms with Crippen LogP contribution in [0, 0.1) is 23.1 Å². The lowest BCUT2D eigenvalue weighted by molar-refractivity contribution is -0.126. The maximum atomic E-state index is 13.8. The number of halogens is 1. The lowest BCUT2D eigenvalue weighted by atomic mass is 9.95. The predicted octanol–water partition coefficient (Wildman–Crippen LogP) is 3.19. The molecule has 1 N–H and O–H groups in total. The van der Waals surface area contributed by atoms with Gasteiger partial charge in [-0.2, -0.15) is 5.26 Å². The highest BCUT2D eigenvalue weighted by molar-refractivity contribution is 5.79. The van der Waals surface area contributed by atoms with Crippen molar-refractivity contribution >= 4 is 11.7 Å². The Kier molecular flexibility index (Phi) is 5.47. The van der Waals surface area contributed by atoms with Crippen LogP contribution in [-0.4, -0.2) is 24.0 Å². The van der Waals surface area contributed by atoms with Gasteiger partial charge in [-0.05, 0) is 38.0 Å². The Labute approximate surface area is 152 Å². The Balaban J connectivity index is 1.55. The molecule has 2 aromatic rings. The Morgan fingerprint density at radius 1 is 1.31 bits per heavy atom. The van der Waals surface area contributed by atoms with Crippen molar-refractivity contribution in [3.8, 4) is 6.07 Å². The van der Waals surface area contributed by atoms with E-state index in [4.69, 9.17) is 5.26 Å². The quantitative estimate of drug-likeness (QED) is 0.917. The van der Waals surface area contributed by atoms with Crippen molar-refractivity contribution in [2.45, 2.75) is 25.8 Å². The zero-order chi connectivity index (χ0) is 18.5. The molecule has 1 aliphatic heterocycles. The van der Waals surface area contributed by atoms with Crippen LogP contribution in [0.25, 0.3) is 0 Å². The highest BCUT2D eigenvalue weighted by Gasteiger charge is 2.27. The maximum absolute atomic E-state index is 13.8. The molecule has 134 valence electrons. The largest absolute Gasteiger partial charge is 0.357 e. The number of hydrogen-bond donors (Lipinski definition) is 1. The minimum atomic E-state index is -0.359. The Hall–Kier alpha value is -2.94. The smallest absolute Gasteiger partial charge is 0.223 e. The number of nitriles is 1. The van der Waals surface area contributed by atoms with E-state index in [0.29, 0.717) is 11.1 Å². The number of nitrogens with one attached hydrogen (secondary N) is 1. The van der Waals surface area contributed by atoms with Gasteiger partial charge in [0.25, 0.3) is 0 Å². The number of anilines is 1. The predicted molar refractivity (Wildman–Crippen MR) is 96.8 cm³/mol. The van der Waals surface area contributed by atoms with Crippen molar-refractivity contribution in [2.75, 3.05) is 18.0 Å². The van der Waals surface area contributed by atoms with Crippen molar-refractivity contribution in [1.82, 2.24) is 10.3 Å². The highest BCUT2D eigenvalue weighted by Crippen LogP contribution is 2.23. The first kappa shape index (κ1) is 17.9. The van der Waals surface area contributed by atoms with Gasteiger partial charge in [-0.15, -0.1) is 0 Å². The molecule has 1 atom stereocenters. The lowest BCUT2D eigenvalue weighted by Gasteiger charge is -2.32. The van der Waals surface area contributed by atoms with Crippen LogP contribution < -0.4 is 10.2 Å². The van der Waals surface area contributed by atoms with E-state index in [2.05, 4.69) is 21.3 Å². The Morgan fingerprint density at radius 2 is 2.04 bits per heavy atom. The number of pyridine rings is 1. The number of nitrogens with zero attached hydrogens (tertiary/aromatic N) is 3. The van der Waals surface area contributed by atoms with Crippen LogP contribution in [0.2, 0.25) is 0 Å². The molecule has 1 amide bonds. The summed E-state index contributed by atoms with van der Waals surface area (Å²) < 4.78 is 13.8. The van der Waals surface area contributed by atoms with Gasteiger partial charge in [0.2, 0.25) is 5.91 Å². The minimum absolute atomic E-state index is 0.0341. The fraction of sp³-hybridized carbons (Fsp3) is 0.350. The van der Waals surface area contributed by atoms with Gasteiger partial charge in [-0.25, -0.2) is 9.37 Å². The first-order valence-electron chi connectivity index (χ1n) is 8.74. The Bertz CT molecular complexity index is 807. The molecule has 0 radical (unpaired) electrons. The first-order chi connectivity index (χ1) is 12.6. The van der Waals surface area contributed by atoms with Gasteiger partial charge >= 0.3 is 0 Å². The molecular formula is C20H21FN4O. The minimum Gasteiger partial charge on any atom is -0.357 e. The van der Waals surface area contributed by atoms with E-state index in [1.807, 2.05) is 6.07 Å². The number of rotatable bonds is 4. The number of benzene rings is 1. The van der Waals surface area contributed by atoms with Crippen LogP contribution in [-0.2, 0) is 4.79 Å². The topological polar surface area (TPSA) is 69.0 Å². The number of hydrogen-bond acceptors (Lipinski definition) is 4. The molecule has 5 nitrogen and oxygen atoms in total. The van der Waals surface area contributed by atoms with Crippen molar-refractivity contribution in [3.05, 3.63) is 59.5 Å². The standard InChI is InChI=1S/C20H21FN4O/c1-14(17-4-2-3-5-18(17)21)24-20(26)16-8-10-25(11-9-16)19-7-6-15(12-22)13-23-19/h2-7,13-14,16H,8-11H2,1H3,(H,24,26)/t14-/m0/s1. The zero-order valence-electron chi connectivity index (χ0n) is 14.7. The van der Waals surface area contributed by atoms with Gasteiger partial charge in [-0.3, -0.25) is 4.79 Å². The van der Waals surface area contributed by atoms with Gasteiger partial charge in [-0.1, -0.05) is 18.2 Å². The molecule has 0 bridgehead atoms. The normalized spacial score (nSPS) is 16.0. The van der Waals surface area contributed by atoms with Crippen LogP contribution in [0.4, 0.5) is 10.2 Å². The van der Waals surface area contributed by atoms with Crippen LogP contribution in [0.15, 0.2) is 42.6 Å². The number of carbonyl (C=O) groups is 1. The summed E-state index contributed by atoms with van der Waals surface area (Å²) in [5.74, 6) is 0.400. The molecule has 1 aliphatic rings. The second kappa shape index (κ2) is 7.96. The molecule has 1 fully saturated rings. The number of aromatic nitrogens is 1. The first-order valence-corrected chi connectivity index (χ1v) is 8.74. The summed E-state index contributed by atoms with van der Waals surface area (Å²) in [4.78, 5) is 18.9. The van der Waals surface area contributed by atoms with Crippen molar-refractivity contribution in [2.24, 2.45) is 5.92 Å². The molecule has 1 saturated heterocycles. The monoisotopic (exact) mass is 352 g/mol. The summed E-state index contributed by atoms with van der Waals surface area (Å²) in [7, 11) is 0.